The van der Waals surface area contributed by atoms with Gasteiger partial charge in [-0.05, 0) is 96.3 Å². The maximum absolute atomic E-state index is 12.7. The second-order valence-electron chi connectivity index (χ2n) is 19.9. The Balaban J connectivity index is 4.06. The summed E-state index contributed by atoms with van der Waals surface area (Å²) in [4.78, 5) is 37.9. The minimum atomic E-state index is -0.813. The SMILES string of the molecule is CC/C=C\C/C=C\C/C=C\C/C=C\C/C=C\C/C=C\CCCCCCCCCCCCCCCCCCC(=O)OCC(COC(=O)CCCCCCCCCC)OC(=O)CC/C=C\C/C=C\C/C=C\C/C=C\CC. The lowest BCUT2D eigenvalue weighted by Crippen LogP contribution is -2.30. The summed E-state index contributed by atoms with van der Waals surface area (Å²) in [7, 11) is 0. The highest BCUT2D eigenvalue weighted by Gasteiger charge is 2.19. The van der Waals surface area contributed by atoms with Crippen LogP contribution in [-0.2, 0) is 28.6 Å². The highest BCUT2D eigenvalue weighted by Crippen LogP contribution is 2.16. The number of esters is 3. The molecule has 0 spiro atoms. The molecule has 6 nitrogen and oxygen atoms in total. The normalized spacial score (nSPS) is 13.0. The van der Waals surface area contributed by atoms with Gasteiger partial charge in [0.1, 0.15) is 13.2 Å². The number of carbonyl (C=O) groups excluding carboxylic acids is 3. The fourth-order valence-corrected chi connectivity index (χ4v) is 8.23. The molecule has 420 valence electrons. The summed E-state index contributed by atoms with van der Waals surface area (Å²) >= 11 is 0. The Morgan fingerprint density at radius 2 is 0.554 bits per heavy atom. The van der Waals surface area contributed by atoms with Gasteiger partial charge in [0, 0.05) is 19.3 Å². The molecule has 0 aliphatic rings. The first-order chi connectivity index (χ1) is 36.5. The van der Waals surface area contributed by atoms with Crippen LogP contribution >= 0.6 is 0 Å². The fraction of sp³-hybridized carbons (Fsp3) is 0.662. The third-order valence-electron chi connectivity index (χ3n) is 12.7. The Labute approximate surface area is 456 Å². The van der Waals surface area contributed by atoms with Crippen molar-refractivity contribution in [2.75, 3.05) is 13.2 Å². The molecule has 74 heavy (non-hydrogen) atoms. The molecule has 6 heteroatoms. The maximum Gasteiger partial charge on any atom is 0.306 e. The van der Waals surface area contributed by atoms with Crippen molar-refractivity contribution in [1.82, 2.24) is 0 Å². The lowest BCUT2D eigenvalue weighted by atomic mass is 10.0. The van der Waals surface area contributed by atoms with Crippen LogP contribution in [0.5, 0.6) is 0 Å². The van der Waals surface area contributed by atoms with E-state index in [1.54, 1.807) is 0 Å². The first kappa shape index (κ1) is 69.8. The van der Waals surface area contributed by atoms with Crippen molar-refractivity contribution in [3.63, 3.8) is 0 Å². The van der Waals surface area contributed by atoms with E-state index in [0.717, 1.165) is 103 Å². The van der Waals surface area contributed by atoms with Crippen molar-refractivity contribution < 1.29 is 28.6 Å². The molecule has 0 rings (SSSR count). The summed E-state index contributed by atoms with van der Waals surface area (Å²) in [5.41, 5.74) is 0. The third-order valence-corrected chi connectivity index (χ3v) is 12.7. The van der Waals surface area contributed by atoms with Crippen molar-refractivity contribution in [3.05, 3.63) is 122 Å². The first-order valence-corrected chi connectivity index (χ1v) is 30.5. The number of ether oxygens (including phenoxy) is 3. The highest BCUT2D eigenvalue weighted by atomic mass is 16.6. The molecule has 0 heterocycles. The number of hydrogen-bond donors (Lipinski definition) is 0. The van der Waals surface area contributed by atoms with E-state index in [1.807, 2.05) is 12.2 Å². The molecule has 0 amide bonds. The summed E-state index contributed by atoms with van der Waals surface area (Å²) in [6, 6.07) is 0. The van der Waals surface area contributed by atoms with Gasteiger partial charge in [-0.15, -0.1) is 0 Å². The Bertz CT molecular complexity index is 1550. The van der Waals surface area contributed by atoms with Crippen LogP contribution in [-0.4, -0.2) is 37.2 Å². The van der Waals surface area contributed by atoms with Gasteiger partial charge >= 0.3 is 17.9 Å². The molecule has 0 saturated heterocycles. The standard InChI is InChI=1S/C68H112O6/c1-4-7-10-13-16-19-21-23-24-25-26-27-28-29-30-31-32-33-34-35-36-37-38-39-40-41-42-43-44-46-47-49-52-55-58-61-67(70)73-64-65(63-72-66(69)60-57-54-51-18-15-12-9-6-3)74-68(71)62-59-56-53-50-48-45-22-20-17-14-11-8-5-2/h7-8,10-11,16-17,19-20,23-24,26-27,29-30,32-33,45,48,53,56,65H,4-6,9,12-15,18,21-22,25,28,31,34-44,46-47,49-52,54-55,57-64H2,1-3H3/b10-7-,11-8-,19-16-,20-17-,24-23-,27-26-,30-29-,33-32-,48-45-,56-53-. The quantitative estimate of drug-likeness (QED) is 0.0261. The smallest absolute Gasteiger partial charge is 0.306 e. The topological polar surface area (TPSA) is 78.9 Å². The van der Waals surface area contributed by atoms with E-state index >= 15 is 0 Å². The molecule has 0 aromatic heterocycles. The first-order valence-electron chi connectivity index (χ1n) is 30.5. The number of carbonyl (C=O) groups is 3. The van der Waals surface area contributed by atoms with Gasteiger partial charge in [0.2, 0.25) is 0 Å². The van der Waals surface area contributed by atoms with Crippen LogP contribution in [0.3, 0.4) is 0 Å². The van der Waals surface area contributed by atoms with Gasteiger partial charge in [-0.25, -0.2) is 0 Å². The molecule has 0 radical (unpaired) electrons. The van der Waals surface area contributed by atoms with E-state index in [0.29, 0.717) is 19.3 Å². The molecule has 0 aromatic rings. The minimum Gasteiger partial charge on any atom is -0.462 e. The zero-order valence-electron chi connectivity index (χ0n) is 48.1. The molecule has 0 bridgehead atoms. The average molecular weight is 1030 g/mol. The fourth-order valence-electron chi connectivity index (χ4n) is 8.23. The Hall–Kier alpha value is -4.19. The van der Waals surface area contributed by atoms with E-state index < -0.39 is 12.1 Å². The molecule has 0 saturated carbocycles. The van der Waals surface area contributed by atoms with Crippen LogP contribution in [0.1, 0.15) is 271 Å². The highest BCUT2D eigenvalue weighted by molar-refractivity contribution is 5.71. The summed E-state index contributed by atoms with van der Waals surface area (Å²) < 4.78 is 16.7. The van der Waals surface area contributed by atoms with Crippen molar-refractivity contribution in [3.8, 4) is 0 Å². The van der Waals surface area contributed by atoms with Crippen LogP contribution in [0.25, 0.3) is 0 Å². The van der Waals surface area contributed by atoms with Gasteiger partial charge in [-0.1, -0.05) is 277 Å². The molecule has 0 aromatic carbocycles. The third kappa shape index (κ3) is 58.7. The Morgan fingerprint density at radius 3 is 0.878 bits per heavy atom. The van der Waals surface area contributed by atoms with Gasteiger partial charge in [0.15, 0.2) is 6.10 Å². The molecule has 1 unspecified atom stereocenters. The number of allylic oxidation sites excluding steroid dienone is 20. The molecular formula is C68H112O6. The summed E-state index contributed by atoms with van der Waals surface area (Å²) in [6.45, 7) is 6.32. The number of unbranched alkanes of at least 4 members (excludes halogenated alkanes) is 23. The van der Waals surface area contributed by atoms with Crippen molar-refractivity contribution in [1.29, 1.82) is 0 Å². The van der Waals surface area contributed by atoms with E-state index in [9.17, 15) is 14.4 Å². The number of rotatable bonds is 54. The Morgan fingerprint density at radius 1 is 0.284 bits per heavy atom. The summed E-state index contributed by atoms with van der Waals surface area (Å²) in [6.07, 6.45) is 85.4. The van der Waals surface area contributed by atoms with Gasteiger partial charge in [-0.3, -0.25) is 14.4 Å². The summed E-state index contributed by atoms with van der Waals surface area (Å²) in [5, 5.41) is 0. The zero-order valence-corrected chi connectivity index (χ0v) is 48.1. The molecule has 0 fully saturated rings. The molecule has 0 N–H and O–H groups in total. The second kappa shape index (κ2) is 61.4. The molecule has 0 aliphatic heterocycles. The van der Waals surface area contributed by atoms with Crippen molar-refractivity contribution in [2.45, 2.75) is 277 Å². The van der Waals surface area contributed by atoms with Crippen LogP contribution < -0.4 is 0 Å². The molecule has 0 aliphatic carbocycles. The van der Waals surface area contributed by atoms with Gasteiger partial charge in [-0.2, -0.15) is 0 Å². The Kier molecular flexibility index (Phi) is 57.9. The second-order valence-corrected chi connectivity index (χ2v) is 19.9. The van der Waals surface area contributed by atoms with E-state index in [1.165, 1.54) is 122 Å². The maximum atomic E-state index is 12.7. The van der Waals surface area contributed by atoms with Crippen LogP contribution in [0.2, 0.25) is 0 Å². The number of hydrogen-bond acceptors (Lipinski definition) is 6. The van der Waals surface area contributed by atoms with Gasteiger partial charge < -0.3 is 14.2 Å². The van der Waals surface area contributed by atoms with Crippen molar-refractivity contribution in [2.24, 2.45) is 0 Å². The van der Waals surface area contributed by atoms with E-state index in [-0.39, 0.29) is 31.6 Å². The molecular weight excluding hydrogens is 913 g/mol. The summed E-state index contributed by atoms with van der Waals surface area (Å²) in [5.74, 6) is -0.991. The van der Waals surface area contributed by atoms with Crippen molar-refractivity contribution >= 4 is 17.9 Å². The predicted molar refractivity (Wildman–Crippen MR) is 320 cm³/mol. The minimum absolute atomic E-state index is 0.105. The lowest BCUT2D eigenvalue weighted by molar-refractivity contribution is -0.166. The monoisotopic (exact) mass is 1020 g/mol. The lowest BCUT2D eigenvalue weighted by Gasteiger charge is -2.18. The average Bonchev–Trinajstić information content (AvgIpc) is 3.40. The molecule has 1 atom stereocenters. The van der Waals surface area contributed by atoms with Crippen LogP contribution in [0, 0.1) is 0 Å². The van der Waals surface area contributed by atoms with E-state index in [2.05, 4.69) is 130 Å². The zero-order chi connectivity index (χ0) is 53.6. The predicted octanol–water partition coefficient (Wildman–Crippen LogP) is 20.8. The van der Waals surface area contributed by atoms with Crippen LogP contribution in [0.4, 0.5) is 0 Å². The van der Waals surface area contributed by atoms with E-state index in [4.69, 9.17) is 14.2 Å². The van der Waals surface area contributed by atoms with Crippen LogP contribution in [0.15, 0.2) is 122 Å². The van der Waals surface area contributed by atoms with Gasteiger partial charge in [0.25, 0.3) is 0 Å². The largest absolute Gasteiger partial charge is 0.462 e. The van der Waals surface area contributed by atoms with Gasteiger partial charge in [0.05, 0.1) is 0 Å².